The second-order valence-corrected chi connectivity index (χ2v) is 13.6. The number of ether oxygens (including phenoxy) is 1. The van der Waals surface area contributed by atoms with E-state index in [0.717, 1.165) is 57.3 Å². The lowest BCUT2D eigenvalue weighted by molar-refractivity contribution is -0.162. The van der Waals surface area contributed by atoms with Crippen LogP contribution in [0.25, 0.3) is 0 Å². The number of hydrogen-bond donors (Lipinski definition) is 3. The van der Waals surface area contributed by atoms with Gasteiger partial charge in [0.1, 0.15) is 23.1 Å². The molecule has 3 aliphatic rings. The molecule has 0 aromatic heterocycles. The van der Waals surface area contributed by atoms with E-state index in [1.165, 1.54) is 19.3 Å². The quantitative estimate of drug-likeness (QED) is 0.316. The Kier molecular flexibility index (Phi) is 11.6. The molecule has 1 aliphatic carbocycles. The highest BCUT2D eigenvalue weighted by molar-refractivity contribution is 7.90. The molecule has 0 radical (unpaired) electrons. The van der Waals surface area contributed by atoms with Crippen molar-refractivity contribution in [1.82, 2.24) is 15.1 Å². The lowest BCUT2D eigenvalue weighted by Gasteiger charge is -2.52. The summed E-state index contributed by atoms with van der Waals surface area (Å²) in [6.07, 6.45) is 10.0. The Morgan fingerprint density at radius 3 is 2.18 bits per heavy atom. The van der Waals surface area contributed by atoms with Crippen LogP contribution in [0.15, 0.2) is 48.5 Å². The average molecular weight is 648 g/mol. The molecule has 1 spiro atoms. The minimum Gasteiger partial charge on any atom is -0.457 e. The average Bonchev–Trinajstić information content (AvgIpc) is 2.99. The van der Waals surface area contributed by atoms with Crippen LogP contribution in [0.1, 0.15) is 76.7 Å². The molecule has 44 heavy (non-hydrogen) atoms. The molecule has 5 rings (SSSR count). The first kappa shape index (κ1) is 34.0. The predicted octanol–water partition coefficient (Wildman–Crippen LogP) is 4.95. The summed E-state index contributed by atoms with van der Waals surface area (Å²) in [7, 11) is -3.83. The van der Waals surface area contributed by atoms with Crippen LogP contribution in [0.4, 0.5) is 5.69 Å². The van der Waals surface area contributed by atoms with Gasteiger partial charge in [-0.25, -0.2) is 5.14 Å². The largest absolute Gasteiger partial charge is 0.457 e. The van der Waals surface area contributed by atoms with E-state index in [4.69, 9.17) is 9.88 Å². The van der Waals surface area contributed by atoms with Crippen LogP contribution in [0.3, 0.4) is 0 Å². The lowest BCUT2D eigenvalue weighted by atomic mass is 9.79. The number of nitrogens with zero attached hydrogens (tertiary/aromatic N) is 2. The van der Waals surface area contributed by atoms with E-state index >= 15 is 0 Å². The summed E-state index contributed by atoms with van der Waals surface area (Å²) in [6.45, 7) is 5.02. The van der Waals surface area contributed by atoms with Gasteiger partial charge in [-0.3, -0.25) is 19.2 Å². The number of halogens is 1. The van der Waals surface area contributed by atoms with E-state index in [1.807, 2.05) is 29.2 Å². The minimum atomic E-state index is -3.83. The molecule has 2 aromatic rings. The zero-order valence-corrected chi connectivity index (χ0v) is 27.1. The third-order valence-electron chi connectivity index (χ3n) is 9.20. The fourth-order valence-electron chi connectivity index (χ4n) is 6.82. The Bertz CT molecular complexity index is 1360. The number of benzene rings is 2. The van der Waals surface area contributed by atoms with Gasteiger partial charge in [-0.15, -0.1) is 12.4 Å². The normalized spacial score (nSPS) is 21.0. The van der Waals surface area contributed by atoms with Gasteiger partial charge < -0.3 is 15.0 Å². The Balaban J connectivity index is 0.00000442. The molecule has 1 saturated carbocycles. The van der Waals surface area contributed by atoms with E-state index in [0.29, 0.717) is 42.5 Å². The number of piperazine rings is 1. The third-order valence-corrected chi connectivity index (χ3v) is 9.72. The van der Waals surface area contributed by atoms with Gasteiger partial charge in [-0.05, 0) is 73.6 Å². The first-order valence-electron chi connectivity index (χ1n) is 15.7. The first-order chi connectivity index (χ1) is 20.6. The van der Waals surface area contributed by atoms with Crippen molar-refractivity contribution in [3.63, 3.8) is 0 Å². The summed E-state index contributed by atoms with van der Waals surface area (Å²) in [5.41, 5.74) is 0.745. The van der Waals surface area contributed by atoms with Gasteiger partial charge in [-0.1, -0.05) is 57.6 Å². The van der Waals surface area contributed by atoms with Gasteiger partial charge in [-0.2, -0.15) is 8.42 Å². The van der Waals surface area contributed by atoms with Crippen molar-refractivity contribution in [2.24, 2.45) is 11.1 Å². The van der Waals surface area contributed by atoms with E-state index in [1.54, 1.807) is 24.3 Å². The van der Waals surface area contributed by atoms with Crippen LogP contribution in [-0.2, 0) is 26.3 Å². The van der Waals surface area contributed by atoms with Crippen molar-refractivity contribution in [2.45, 2.75) is 89.3 Å². The van der Waals surface area contributed by atoms with Crippen molar-refractivity contribution in [1.29, 1.82) is 0 Å². The molecule has 1 atom stereocenters. The van der Waals surface area contributed by atoms with Crippen LogP contribution in [0.5, 0.6) is 11.5 Å². The molecule has 0 unspecified atom stereocenters. The maximum Gasteiger partial charge on any atom is 0.296 e. The summed E-state index contributed by atoms with van der Waals surface area (Å²) in [4.78, 5) is 31.8. The number of anilines is 1. The van der Waals surface area contributed by atoms with Crippen LogP contribution < -0.4 is 19.9 Å². The van der Waals surface area contributed by atoms with Gasteiger partial charge in [0, 0.05) is 31.9 Å². The van der Waals surface area contributed by atoms with E-state index in [2.05, 4.69) is 21.9 Å². The van der Waals surface area contributed by atoms with Crippen molar-refractivity contribution >= 4 is 40.1 Å². The number of carbonyl (C=O) groups excluding carboxylic acids is 2. The van der Waals surface area contributed by atoms with Gasteiger partial charge in [0.05, 0.1) is 0 Å². The number of nitrogens with two attached hydrogens (primary N) is 1. The number of amides is 2. The van der Waals surface area contributed by atoms with Crippen molar-refractivity contribution in [3.05, 3.63) is 54.1 Å². The number of carbonyl (C=O) groups is 2. The van der Waals surface area contributed by atoms with Crippen molar-refractivity contribution in [3.8, 4) is 11.5 Å². The molecule has 2 aliphatic heterocycles. The van der Waals surface area contributed by atoms with Gasteiger partial charge in [0.2, 0.25) is 11.8 Å². The van der Waals surface area contributed by atoms with Crippen LogP contribution in [-0.4, -0.2) is 61.2 Å². The van der Waals surface area contributed by atoms with Crippen molar-refractivity contribution in [2.75, 3.05) is 24.4 Å². The molecule has 4 N–H and O–H groups in total. The highest BCUT2D eigenvalue weighted by atomic mass is 35.5. The SMILES string of the molecule is CCCCN1C(=O)[C@H](CC2CCCCC2)NC(=O)C12CCN(Cc1ccc(Oc3ccc(NS(N)(=O)=O)cc3)cc1)CC2.Cl. The maximum absolute atomic E-state index is 13.8. The predicted molar refractivity (Wildman–Crippen MR) is 174 cm³/mol. The fourth-order valence-corrected chi connectivity index (χ4v) is 7.29. The molecule has 2 aromatic carbocycles. The molecular weight excluding hydrogens is 602 g/mol. The first-order valence-corrected chi connectivity index (χ1v) is 17.2. The van der Waals surface area contributed by atoms with Crippen molar-refractivity contribution < 1.29 is 22.7 Å². The van der Waals surface area contributed by atoms with Crippen LogP contribution >= 0.6 is 12.4 Å². The second-order valence-electron chi connectivity index (χ2n) is 12.3. The standard InChI is InChI=1S/C32H45N5O5S.ClH/c1-2-3-19-37-30(38)29(22-24-7-5-4-6-8-24)34-31(39)32(37)17-20-36(21-18-32)23-25-9-13-27(14-10-25)42-28-15-11-26(12-16-28)35-43(33,40)41;/h9-16,24,29,35H,2-8,17-23H2,1H3,(H,34,39)(H2,33,40,41);1H/t29-;/m0./s1. The zero-order chi connectivity index (χ0) is 30.5. The third kappa shape index (κ3) is 8.44. The van der Waals surface area contributed by atoms with Crippen LogP contribution in [0, 0.1) is 5.92 Å². The van der Waals surface area contributed by atoms with E-state index in [-0.39, 0.29) is 30.3 Å². The molecular formula is C32H46ClN5O5S. The number of rotatable bonds is 11. The van der Waals surface area contributed by atoms with E-state index in [9.17, 15) is 18.0 Å². The summed E-state index contributed by atoms with van der Waals surface area (Å²) >= 11 is 0. The van der Waals surface area contributed by atoms with Gasteiger partial charge >= 0.3 is 0 Å². The highest BCUT2D eigenvalue weighted by Gasteiger charge is 2.53. The molecule has 2 amide bonds. The second kappa shape index (κ2) is 14.9. The van der Waals surface area contributed by atoms with Crippen LogP contribution in [0.2, 0.25) is 0 Å². The lowest BCUT2D eigenvalue weighted by Crippen LogP contribution is -2.73. The number of nitrogens with one attached hydrogen (secondary N) is 2. The Labute approximate surface area is 267 Å². The molecule has 10 nitrogen and oxygen atoms in total. The molecule has 2 saturated heterocycles. The number of unbranched alkanes of at least 4 members (excludes halogenated alkanes) is 1. The molecule has 242 valence electrons. The Morgan fingerprint density at radius 2 is 1.59 bits per heavy atom. The fraction of sp³-hybridized carbons (Fsp3) is 0.562. The molecule has 12 heteroatoms. The Morgan fingerprint density at radius 1 is 0.977 bits per heavy atom. The Hall–Kier alpha value is -2.86. The molecule has 2 heterocycles. The smallest absolute Gasteiger partial charge is 0.296 e. The highest BCUT2D eigenvalue weighted by Crippen LogP contribution is 2.36. The van der Waals surface area contributed by atoms with Gasteiger partial charge in [0.15, 0.2) is 0 Å². The van der Waals surface area contributed by atoms with E-state index < -0.39 is 15.7 Å². The maximum atomic E-state index is 13.8. The number of likely N-dealkylation sites (tertiary alicyclic amines) is 1. The van der Waals surface area contributed by atoms with Gasteiger partial charge in [0.25, 0.3) is 10.2 Å². The summed E-state index contributed by atoms with van der Waals surface area (Å²) in [5.74, 6) is 1.93. The summed E-state index contributed by atoms with van der Waals surface area (Å²) < 4.78 is 30.5. The molecule has 3 fully saturated rings. The monoisotopic (exact) mass is 647 g/mol. The summed E-state index contributed by atoms with van der Waals surface area (Å²) in [5, 5.41) is 8.19. The zero-order valence-electron chi connectivity index (χ0n) is 25.5. The minimum absolute atomic E-state index is 0. The number of hydrogen-bond acceptors (Lipinski definition) is 6. The summed E-state index contributed by atoms with van der Waals surface area (Å²) in [6, 6.07) is 14.0. The topological polar surface area (TPSA) is 134 Å². The number of piperidine rings is 1. The molecule has 0 bridgehead atoms.